The number of carbonyl (C=O) groups excluding carboxylic acids is 1. The summed E-state index contributed by atoms with van der Waals surface area (Å²) in [5.41, 5.74) is 1.08. The summed E-state index contributed by atoms with van der Waals surface area (Å²) in [5.74, 6) is -1.58. The van der Waals surface area contributed by atoms with E-state index in [4.69, 9.17) is 19.4 Å². The molecular formula is C22H31F3N2O5. The molecule has 32 heavy (non-hydrogen) atoms. The number of amides is 1. The summed E-state index contributed by atoms with van der Waals surface area (Å²) in [6.07, 6.45) is -3.02. The summed E-state index contributed by atoms with van der Waals surface area (Å²) in [5, 5.41) is 7.12. The van der Waals surface area contributed by atoms with Crippen molar-refractivity contribution < 1.29 is 37.3 Å². The van der Waals surface area contributed by atoms with Gasteiger partial charge in [-0.3, -0.25) is 9.69 Å². The number of nitrogens with zero attached hydrogens (tertiary/aromatic N) is 2. The number of methoxy groups -OCH3 is 1. The lowest BCUT2D eigenvalue weighted by Crippen LogP contribution is -2.60. The van der Waals surface area contributed by atoms with E-state index in [2.05, 4.69) is 17.0 Å². The Balaban J connectivity index is 0.000000451. The van der Waals surface area contributed by atoms with Gasteiger partial charge in [-0.05, 0) is 30.5 Å². The molecule has 2 heterocycles. The maximum Gasteiger partial charge on any atom is 0.490 e. The molecule has 0 aromatic heterocycles. The number of aliphatic carboxylic acids is 1. The Labute approximate surface area is 186 Å². The molecule has 180 valence electrons. The van der Waals surface area contributed by atoms with Crippen LogP contribution in [0, 0.1) is 5.92 Å². The zero-order chi connectivity index (χ0) is 23.9. The van der Waals surface area contributed by atoms with Crippen LogP contribution in [-0.2, 0) is 20.9 Å². The van der Waals surface area contributed by atoms with Gasteiger partial charge in [0.05, 0.1) is 25.9 Å². The van der Waals surface area contributed by atoms with Gasteiger partial charge in [-0.2, -0.15) is 13.2 Å². The quantitative estimate of drug-likeness (QED) is 0.744. The molecule has 1 N–H and O–H groups in total. The van der Waals surface area contributed by atoms with E-state index in [0.29, 0.717) is 0 Å². The minimum Gasteiger partial charge on any atom is -0.497 e. The van der Waals surface area contributed by atoms with Crippen LogP contribution >= 0.6 is 0 Å². The van der Waals surface area contributed by atoms with Crippen LogP contribution < -0.4 is 4.74 Å². The molecule has 3 rings (SSSR count). The monoisotopic (exact) mass is 460 g/mol. The van der Waals surface area contributed by atoms with Crippen molar-refractivity contribution in [1.82, 2.24) is 9.80 Å². The summed E-state index contributed by atoms with van der Waals surface area (Å²) in [6, 6.07) is 8.26. The van der Waals surface area contributed by atoms with E-state index >= 15 is 0 Å². The van der Waals surface area contributed by atoms with Gasteiger partial charge in [0.1, 0.15) is 5.75 Å². The first-order chi connectivity index (χ1) is 15.0. The van der Waals surface area contributed by atoms with Gasteiger partial charge in [0.25, 0.3) is 0 Å². The number of carboxylic acid groups (broad SMARTS) is 1. The number of carbonyl (C=O) groups is 2. The van der Waals surface area contributed by atoms with Crippen molar-refractivity contribution >= 4 is 11.9 Å². The summed E-state index contributed by atoms with van der Waals surface area (Å²) in [6.45, 7) is 9.01. The van der Waals surface area contributed by atoms with Gasteiger partial charge in [0.2, 0.25) is 5.91 Å². The highest BCUT2D eigenvalue weighted by Gasteiger charge is 2.42. The minimum atomic E-state index is -5.08. The Morgan fingerprint density at radius 2 is 1.81 bits per heavy atom. The van der Waals surface area contributed by atoms with Crippen molar-refractivity contribution in [2.75, 3.05) is 39.9 Å². The lowest BCUT2D eigenvalue weighted by atomic mass is 9.90. The molecule has 1 aromatic carbocycles. The molecule has 1 unspecified atom stereocenters. The topological polar surface area (TPSA) is 79.3 Å². The predicted molar refractivity (Wildman–Crippen MR) is 111 cm³/mol. The number of halogens is 3. The van der Waals surface area contributed by atoms with Crippen LogP contribution in [0.4, 0.5) is 13.2 Å². The fourth-order valence-corrected chi connectivity index (χ4v) is 3.95. The highest BCUT2D eigenvalue weighted by atomic mass is 19.4. The van der Waals surface area contributed by atoms with Crippen molar-refractivity contribution in [3.63, 3.8) is 0 Å². The van der Waals surface area contributed by atoms with Crippen molar-refractivity contribution in [3.8, 4) is 5.75 Å². The summed E-state index contributed by atoms with van der Waals surface area (Å²) < 4.78 is 43.2. The largest absolute Gasteiger partial charge is 0.497 e. The Morgan fingerprint density at radius 3 is 2.34 bits per heavy atom. The number of carboxylic acids is 1. The summed E-state index contributed by atoms with van der Waals surface area (Å²) >= 11 is 0. The Bertz CT molecular complexity index is 766. The first-order valence-electron chi connectivity index (χ1n) is 10.5. The number of morpholine rings is 1. The molecule has 1 atom stereocenters. The number of alkyl halides is 3. The lowest BCUT2D eigenvalue weighted by molar-refractivity contribution is -0.192. The van der Waals surface area contributed by atoms with Crippen LogP contribution in [0.2, 0.25) is 0 Å². The van der Waals surface area contributed by atoms with Crippen LogP contribution in [0.5, 0.6) is 5.75 Å². The highest BCUT2D eigenvalue weighted by Crippen LogP contribution is 2.30. The summed E-state index contributed by atoms with van der Waals surface area (Å²) in [7, 11) is 1.69. The van der Waals surface area contributed by atoms with E-state index in [-0.39, 0.29) is 17.4 Å². The minimum absolute atomic E-state index is 0.0501. The van der Waals surface area contributed by atoms with Gasteiger partial charge >= 0.3 is 12.1 Å². The molecule has 7 nitrogen and oxygen atoms in total. The third kappa shape index (κ3) is 7.37. The van der Waals surface area contributed by atoms with Crippen molar-refractivity contribution in [1.29, 1.82) is 0 Å². The van der Waals surface area contributed by atoms with Gasteiger partial charge in [-0.15, -0.1) is 0 Å². The molecule has 10 heteroatoms. The third-order valence-corrected chi connectivity index (χ3v) is 5.48. The van der Waals surface area contributed by atoms with Crippen molar-refractivity contribution in [3.05, 3.63) is 29.8 Å². The number of hydrogen-bond donors (Lipinski definition) is 1. The molecule has 2 fully saturated rings. The van der Waals surface area contributed by atoms with Gasteiger partial charge in [-0.1, -0.05) is 26.0 Å². The molecular weight excluding hydrogens is 429 g/mol. The molecule has 0 radical (unpaired) electrons. The normalized spacial score (nSPS) is 21.8. The van der Waals surface area contributed by atoms with E-state index < -0.39 is 12.1 Å². The Hall–Kier alpha value is -2.33. The number of rotatable bonds is 4. The molecule has 0 bridgehead atoms. The Kier molecular flexibility index (Phi) is 8.91. The standard InChI is InChI=1S/C20H30N2O3.C2HF3O2/c1-16(2)19(23)22-10-4-9-20(15-22)14-21(11-12-25-20)13-17-5-7-18(24-3)8-6-17;3-2(4,5)1(6)7/h5-8,16H,4,9-15H2,1-3H3;(H,6,7). The fourth-order valence-electron chi connectivity index (χ4n) is 3.95. The molecule has 2 saturated heterocycles. The number of benzene rings is 1. The van der Waals surface area contributed by atoms with Gasteiger partial charge < -0.3 is 19.5 Å². The van der Waals surface area contributed by atoms with Crippen LogP contribution in [0.1, 0.15) is 32.3 Å². The molecule has 1 spiro atoms. The molecule has 2 aliphatic heterocycles. The first-order valence-corrected chi connectivity index (χ1v) is 10.5. The van der Waals surface area contributed by atoms with Crippen LogP contribution in [0.15, 0.2) is 24.3 Å². The zero-order valence-corrected chi connectivity index (χ0v) is 18.7. The van der Waals surface area contributed by atoms with E-state index in [1.807, 2.05) is 30.9 Å². The predicted octanol–water partition coefficient (Wildman–Crippen LogP) is 3.18. The molecule has 1 aromatic rings. The number of ether oxygens (including phenoxy) is 2. The number of piperidine rings is 1. The molecule has 2 aliphatic rings. The highest BCUT2D eigenvalue weighted by molar-refractivity contribution is 5.78. The second kappa shape index (κ2) is 11.0. The average molecular weight is 460 g/mol. The average Bonchev–Trinajstić information content (AvgIpc) is 2.73. The van der Waals surface area contributed by atoms with Gasteiger partial charge in [-0.25, -0.2) is 4.79 Å². The maximum absolute atomic E-state index is 12.4. The fraction of sp³-hybridized carbons (Fsp3) is 0.636. The third-order valence-electron chi connectivity index (χ3n) is 5.48. The second-order valence-corrected chi connectivity index (χ2v) is 8.41. The van der Waals surface area contributed by atoms with Crippen LogP contribution in [0.25, 0.3) is 0 Å². The van der Waals surface area contributed by atoms with E-state index in [9.17, 15) is 18.0 Å². The number of likely N-dealkylation sites (tertiary alicyclic amines) is 1. The van der Waals surface area contributed by atoms with E-state index in [1.54, 1.807) is 7.11 Å². The maximum atomic E-state index is 12.4. The van der Waals surface area contributed by atoms with E-state index in [0.717, 1.165) is 57.9 Å². The summed E-state index contributed by atoms with van der Waals surface area (Å²) in [4.78, 5) is 25.8. The lowest BCUT2D eigenvalue weighted by Gasteiger charge is -2.48. The van der Waals surface area contributed by atoms with Crippen LogP contribution in [0.3, 0.4) is 0 Å². The zero-order valence-electron chi connectivity index (χ0n) is 18.7. The van der Waals surface area contributed by atoms with E-state index in [1.165, 1.54) is 5.56 Å². The SMILES string of the molecule is COc1ccc(CN2CCOC3(CCCN(C(=O)C(C)C)C3)C2)cc1.O=C(O)C(F)(F)F. The number of hydrogen-bond acceptors (Lipinski definition) is 5. The van der Waals surface area contributed by atoms with Gasteiger partial charge in [0.15, 0.2) is 0 Å². The smallest absolute Gasteiger partial charge is 0.490 e. The molecule has 0 saturated carbocycles. The first kappa shape index (κ1) is 25.9. The Morgan fingerprint density at radius 1 is 1.19 bits per heavy atom. The van der Waals surface area contributed by atoms with Crippen molar-refractivity contribution in [2.24, 2.45) is 5.92 Å². The van der Waals surface area contributed by atoms with Crippen molar-refractivity contribution in [2.45, 2.75) is 45.0 Å². The van der Waals surface area contributed by atoms with Gasteiger partial charge in [0, 0.05) is 32.1 Å². The molecule has 0 aliphatic carbocycles. The van der Waals surface area contributed by atoms with Crippen LogP contribution in [-0.4, -0.2) is 78.5 Å². The molecule has 1 amide bonds. The second-order valence-electron chi connectivity index (χ2n) is 8.41.